The predicted molar refractivity (Wildman–Crippen MR) is 123 cm³/mol. The molecule has 0 spiro atoms. The minimum Gasteiger partial charge on any atom is -0.354 e. The molecule has 0 amide bonds. The van der Waals surface area contributed by atoms with Crippen LogP contribution in [0.3, 0.4) is 0 Å². The number of halogens is 1. The Labute approximate surface area is 176 Å². The molecule has 6 heteroatoms. The van der Waals surface area contributed by atoms with E-state index >= 15 is 0 Å². The largest absolute Gasteiger partial charge is 0.354 e. The average Bonchev–Trinajstić information content (AvgIpc) is 2.63. The van der Waals surface area contributed by atoms with E-state index in [9.17, 15) is 0 Å². The highest BCUT2D eigenvalue weighted by atomic mass is 127. The van der Waals surface area contributed by atoms with Gasteiger partial charge in [0.15, 0.2) is 5.96 Å². The summed E-state index contributed by atoms with van der Waals surface area (Å²) in [6.07, 6.45) is 3.62. The lowest BCUT2D eigenvalue weighted by molar-refractivity contribution is 0.206. The van der Waals surface area contributed by atoms with E-state index in [2.05, 4.69) is 76.8 Å². The van der Waals surface area contributed by atoms with E-state index in [1.165, 1.54) is 44.5 Å². The summed E-state index contributed by atoms with van der Waals surface area (Å²) in [6.45, 7) is 6.69. The predicted octanol–water partition coefficient (Wildman–Crippen LogP) is 2.95. The average molecular weight is 473 g/mol. The third-order valence-corrected chi connectivity index (χ3v) is 4.96. The number of hydrogen-bond donors (Lipinski definition) is 2. The molecule has 0 bridgehead atoms. The minimum atomic E-state index is 0. The van der Waals surface area contributed by atoms with Crippen molar-refractivity contribution in [2.24, 2.45) is 4.99 Å². The van der Waals surface area contributed by atoms with Crippen LogP contribution in [0.5, 0.6) is 0 Å². The van der Waals surface area contributed by atoms with Gasteiger partial charge >= 0.3 is 0 Å². The second-order valence-corrected chi connectivity index (χ2v) is 7.10. The van der Waals surface area contributed by atoms with Crippen molar-refractivity contribution in [2.45, 2.75) is 38.3 Å². The summed E-state index contributed by atoms with van der Waals surface area (Å²) in [4.78, 5) is 9.23. The molecule has 1 aliphatic rings. The van der Waals surface area contributed by atoms with Gasteiger partial charge in [0.25, 0.3) is 0 Å². The van der Waals surface area contributed by atoms with E-state index in [1.54, 1.807) is 0 Å². The summed E-state index contributed by atoms with van der Waals surface area (Å²) >= 11 is 0. The normalized spacial score (nSPS) is 17.7. The first-order valence-corrected chi connectivity index (χ1v) is 9.55. The number of likely N-dealkylation sites (N-methyl/N-ethyl adjacent to an activating group) is 1. The fourth-order valence-electron chi connectivity index (χ4n) is 3.47. The molecule has 0 aliphatic carbocycles. The van der Waals surface area contributed by atoms with E-state index in [0.717, 1.165) is 12.5 Å². The van der Waals surface area contributed by atoms with Crippen LogP contribution in [0.15, 0.2) is 35.3 Å². The number of hydrogen-bond acceptors (Lipinski definition) is 3. The summed E-state index contributed by atoms with van der Waals surface area (Å²) in [5, 5.41) is 7.12. The van der Waals surface area contributed by atoms with E-state index in [1.807, 2.05) is 7.05 Å². The topological polar surface area (TPSA) is 42.9 Å². The first-order valence-electron chi connectivity index (χ1n) is 9.55. The Bertz CT molecular complexity index is 512. The quantitative estimate of drug-likeness (QED) is 0.363. The van der Waals surface area contributed by atoms with Crippen LogP contribution >= 0.6 is 24.0 Å². The van der Waals surface area contributed by atoms with E-state index in [0.29, 0.717) is 12.1 Å². The molecule has 1 saturated heterocycles. The highest BCUT2D eigenvalue weighted by Crippen LogP contribution is 2.16. The minimum absolute atomic E-state index is 0. The van der Waals surface area contributed by atoms with Crippen LogP contribution in [0.4, 0.5) is 0 Å². The monoisotopic (exact) mass is 473 g/mol. The number of likely N-dealkylation sites (tertiary alicyclic amines) is 1. The number of guanidine groups is 1. The van der Waals surface area contributed by atoms with Crippen LogP contribution in [0.25, 0.3) is 0 Å². The van der Waals surface area contributed by atoms with Gasteiger partial charge in [0.1, 0.15) is 0 Å². The summed E-state index contributed by atoms with van der Waals surface area (Å²) in [5.41, 5.74) is 1.32. The molecule has 1 unspecified atom stereocenters. The Morgan fingerprint density at radius 3 is 2.42 bits per heavy atom. The molecule has 0 saturated carbocycles. The number of piperidine rings is 1. The molecule has 148 valence electrons. The maximum Gasteiger partial charge on any atom is 0.191 e. The fourth-order valence-corrected chi connectivity index (χ4v) is 3.47. The van der Waals surface area contributed by atoms with Crippen LogP contribution in [-0.4, -0.2) is 69.1 Å². The van der Waals surface area contributed by atoms with Crippen molar-refractivity contribution in [3.05, 3.63) is 35.9 Å². The van der Waals surface area contributed by atoms with Gasteiger partial charge in [-0.1, -0.05) is 37.3 Å². The Morgan fingerprint density at radius 2 is 1.88 bits per heavy atom. The molecule has 2 N–H and O–H groups in total. The van der Waals surface area contributed by atoms with E-state index < -0.39 is 0 Å². The lowest BCUT2D eigenvalue weighted by Crippen LogP contribution is -2.49. The Hall–Kier alpha value is -0.860. The fraction of sp³-hybridized carbons (Fsp3) is 0.650. The second-order valence-electron chi connectivity index (χ2n) is 7.10. The number of nitrogens with one attached hydrogen (secondary N) is 2. The third kappa shape index (κ3) is 7.40. The van der Waals surface area contributed by atoms with Gasteiger partial charge in [0.2, 0.25) is 0 Å². The number of aliphatic imine (C=N–C) groups is 1. The van der Waals surface area contributed by atoms with Crippen LogP contribution in [0.1, 0.15) is 37.8 Å². The lowest BCUT2D eigenvalue weighted by Gasteiger charge is -2.33. The molecule has 0 aromatic heterocycles. The summed E-state index contributed by atoms with van der Waals surface area (Å²) in [7, 11) is 6.10. The van der Waals surface area contributed by atoms with Crippen molar-refractivity contribution in [3.8, 4) is 0 Å². The molecule has 1 aliphatic heterocycles. The highest BCUT2D eigenvalue weighted by molar-refractivity contribution is 14.0. The number of rotatable bonds is 7. The van der Waals surface area contributed by atoms with Gasteiger partial charge in [-0.05, 0) is 45.5 Å². The van der Waals surface area contributed by atoms with Gasteiger partial charge in [0.05, 0.1) is 6.04 Å². The van der Waals surface area contributed by atoms with Crippen LogP contribution in [0.2, 0.25) is 0 Å². The van der Waals surface area contributed by atoms with Crippen LogP contribution in [0, 0.1) is 0 Å². The summed E-state index contributed by atoms with van der Waals surface area (Å²) in [5.74, 6) is 0.914. The molecule has 1 aromatic carbocycles. The SMILES string of the molecule is CCCN1CCC(NC(=NC)NCC(c2ccccc2)N(C)C)CC1.I. The zero-order valence-electron chi connectivity index (χ0n) is 16.7. The molecule has 1 fully saturated rings. The van der Waals surface area contributed by atoms with Crippen molar-refractivity contribution in [1.82, 2.24) is 20.4 Å². The molecule has 26 heavy (non-hydrogen) atoms. The molecular formula is C20H36IN5. The van der Waals surface area contributed by atoms with Gasteiger partial charge in [-0.15, -0.1) is 24.0 Å². The summed E-state index contributed by atoms with van der Waals surface area (Å²) in [6, 6.07) is 11.5. The molecular weight excluding hydrogens is 437 g/mol. The van der Waals surface area contributed by atoms with Gasteiger partial charge in [0, 0.05) is 32.7 Å². The Morgan fingerprint density at radius 1 is 1.23 bits per heavy atom. The Balaban J connectivity index is 0.00000338. The zero-order chi connectivity index (χ0) is 18.1. The molecule has 5 nitrogen and oxygen atoms in total. The van der Waals surface area contributed by atoms with Gasteiger partial charge < -0.3 is 20.4 Å². The maximum atomic E-state index is 4.42. The maximum absolute atomic E-state index is 4.42. The molecule has 1 heterocycles. The number of nitrogens with zero attached hydrogens (tertiary/aromatic N) is 3. The second kappa shape index (κ2) is 12.5. The molecule has 1 atom stereocenters. The van der Waals surface area contributed by atoms with Crippen molar-refractivity contribution in [2.75, 3.05) is 47.3 Å². The lowest BCUT2D eigenvalue weighted by atomic mass is 10.0. The first kappa shape index (κ1) is 23.2. The van der Waals surface area contributed by atoms with Crippen LogP contribution < -0.4 is 10.6 Å². The zero-order valence-corrected chi connectivity index (χ0v) is 19.1. The van der Waals surface area contributed by atoms with Gasteiger partial charge in [-0.2, -0.15) is 0 Å². The van der Waals surface area contributed by atoms with Crippen molar-refractivity contribution in [3.63, 3.8) is 0 Å². The standard InChI is InChI=1S/C20H35N5.HI/c1-5-13-25-14-11-18(12-15-25)23-20(21-2)22-16-19(24(3)4)17-9-7-6-8-10-17;/h6-10,18-19H,5,11-16H2,1-4H3,(H2,21,22,23);1H. The third-order valence-electron chi connectivity index (χ3n) is 4.96. The van der Waals surface area contributed by atoms with Gasteiger partial charge in [-0.3, -0.25) is 4.99 Å². The first-order chi connectivity index (χ1) is 12.1. The summed E-state index contributed by atoms with van der Waals surface area (Å²) < 4.78 is 0. The van der Waals surface area contributed by atoms with Crippen LogP contribution in [-0.2, 0) is 0 Å². The molecule has 1 aromatic rings. The van der Waals surface area contributed by atoms with Crippen molar-refractivity contribution >= 4 is 29.9 Å². The van der Waals surface area contributed by atoms with Crippen molar-refractivity contribution in [1.29, 1.82) is 0 Å². The van der Waals surface area contributed by atoms with E-state index in [4.69, 9.17) is 0 Å². The van der Waals surface area contributed by atoms with Crippen molar-refractivity contribution < 1.29 is 0 Å². The highest BCUT2D eigenvalue weighted by Gasteiger charge is 2.20. The Kier molecular flexibility index (Phi) is 11.2. The number of benzene rings is 1. The molecule has 0 radical (unpaired) electrons. The smallest absolute Gasteiger partial charge is 0.191 e. The van der Waals surface area contributed by atoms with E-state index in [-0.39, 0.29) is 24.0 Å². The molecule has 2 rings (SSSR count). The van der Waals surface area contributed by atoms with Gasteiger partial charge in [-0.25, -0.2) is 0 Å².